The maximum Gasteiger partial charge on any atom is 0.123 e. The van der Waals surface area contributed by atoms with E-state index in [4.69, 9.17) is 9.47 Å². The third-order valence-corrected chi connectivity index (χ3v) is 4.50. The van der Waals surface area contributed by atoms with Crippen LogP contribution >= 0.6 is 0 Å². The number of ether oxygens (including phenoxy) is 2. The number of hydrogen-bond acceptors (Lipinski definition) is 5. The Morgan fingerprint density at radius 3 is 2.81 bits per heavy atom. The fourth-order valence-electron chi connectivity index (χ4n) is 3.24. The van der Waals surface area contributed by atoms with Crippen LogP contribution in [0, 0.1) is 0 Å². The Labute approximate surface area is 126 Å². The standard InChI is InChI=1S/C16H24N2O3/c1-20-15-3-2-13(16(19)10-15)11-17-5-4-14(12-17)18-6-8-21-9-7-18/h2-3,10,14,19H,4-9,11-12H2,1H3. The molecule has 0 spiro atoms. The second-order valence-electron chi connectivity index (χ2n) is 5.82. The summed E-state index contributed by atoms with van der Waals surface area (Å²) in [6.07, 6.45) is 1.21. The van der Waals surface area contributed by atoms with Gasteiger partial charge in [-0.15, -0.1) is 0 Å². The van der Waals surface area contributed by atoms with Gasteiger partial charge in [-0.05, 0) is 12.5 Å². The van der Waals surface area contributed by atoms with Gasteiger partial charge in [0.2, 0.25) is 0 Å². The summed E-state index contributed by atoms with van der Waals surface area (Å²) in [6.45, 7) is 6.78. The third kappa shape index (κ3) is 3.48. The summed E-state index contributed by atoms with van der Waals surface area (Å²) in [4.78, 5) is 4.96. The van der Waals surface area contributed by atoms with Gasteiger partial charge in [-0.3, -0.25) is 9.80 Å². The molecular formula is C16H24N2O3. The van der Waals surface area contributed by atoms with Crippen LogP contribution in [0.2, 0.25) is 0 Å². The van der Waals surface area contributed by atoms with Crippen LogP contribution in [-0.2, 0) is 11.3 Å². The number of rotatable bonds is 4. The Kier molecular flexibility index (Phi) is 4.63. The molecule has 5 heteroatoms. The van der Waals surface area contributed by atoms with Crippen molar-refractivity contribution >= 4 is 0 Å². The first-order valence-electron chi connectivity index (χ1n) is 7.66. The van der Waals surface area contributed by atoms with Crippen molar-refractivity contribution in [1.29, 1.82) is 0 Å². The summed E-state index contributed by atoms with van der Waals surface area (Å²) in [5.41, 5.74) is 0.971. The van der Waals surface area contributed by atoms with Crippen molar-refractivity contribution in [3.05, 3.63) is 23.8 Å². The number of methoxy groups -OCH3 is 1. The van der Waals surface area contributed by atoms with E-state index in [2.05, 4.69) is 9.80 Å². The largest absolute Gasteiger partial charge is 0.507 e. The number of phenols is 1. The third-order valence-electron chi connectivity index (χ3n) is 4.50. The lowest BCUT2D eigenvalue weighted by atomic mass is 10.2. The summed E-state index contributed by atoms with van der Waals surface area (Å²) in [5.74, 6) is 1.02. The molecule has 1 N–H and O–H groups in total. The molecular weight excluding hydrogens is 268 g/mol. The average Bonchev–Trinajstić information content (AvgIpc) is 2.99. The molecule has 1 aromatic carbocycles. The predicted octanol–water partition coefficient (Wildman–Crippen LogP) is 1.31. The lowest BCUT2D eigenvalue weighted by Gasteiger charge is -2.32. The van der Waals surface area contributed by atoms with Gasteiger partial charge < -0.3 is 14.6 Å². The van der Waals surface area contributed by atoms with Gasteiger partial charge in [-0.25, -0.2) is 0 Å². The Bertz CT molecular complexity index is 475. The molecule has 21 heavy (non-hydrogen) atoms. The van der Waals surface area contributed by atoms with E-state index in [0.717, 1.165) is 51.5 Å². The highest BCUT2D eigenvalue weighted by Gasteiger charge is 2.28. The Hall–Kier alpha value is -1.30. The van der Waals surface area contributed by atoms with Crippen molar-refractivity contribution in [2.24, 2.45) is 0 Å². The maximum atomic E-state index is 10.1. The van der Waals surface area contributed by atoms with Crippen LogP contribution in [0.25, 0.3) is 0 Å². The molecule has 2 aliphatic heterocycles. The van der Waals surface area contributed by atoms with Gasteiger partial charge in [0.05, 0.1) is 20.3 Å². The molecule has 0 amide bonds. The van der Waals surface area contributed by atoms with E-state index in [1.807, 2.05) is 12.1 Å². The number of nitrogens with zero attached hydrogens (tertiary/aromatic N) is 2. The molecule has 5 nitrogen and oxygen atoms in total. The SMILES string of the molecule is COc1ccc(CN2CCC(N3CCOCC3)C2)c(O)c1. The number of morpholine rings is 1. The van der Waals surface area contributed by atoms with Gasteiger partial charge in [0.15, 0.2) is 0 Å². The van der Waals surface area contributed by atoms with Gasteiger partial charge in [0.25, 0.3) is 0 Å². The van der Waals surface area contributed by atoms with Crippen molar-refractivity contribution < 1.29 is 14.6 Å². The highest BCUT2D eigenvalue weighted by Crippen LogP contribution is 2.26. The zero-order valence-corrected chi connectivity index (χ0v) is 12.6. The summed E-state index contributed by atoms with van der Waals surface area (Å²) < 4.78 is 10.5. The van der Waals surface area contributed by atoms with Gasteiger partial charge >= 0.3 is 0 Å². The number of phenolic OH excluding ortho intramolecular Hbond substituents is 1. The van der Waals surface area contributed by atoms with Crippen LogP contribution in [0.15, 0.2) is 18.2 Å². The number of aromatic hydroxyl groups is 1. The van der Waals surface area contributed by atoms with E-state index in [9.17, 15) is 5.11 Å². The number of hydrogen-bond donors (Lipinski definition) is 1. The highest BCUT2D eigenvalue weighted by molar-refractivity contribution is 5.39. The van der Waals surface area contributed by atoms with Crippen molar-refractivity contribution in [3.63, 3.8) is 0 Å². The zero-order chi connectivity index (χ0) is 14.7. The summed E-state index contributed by atoms with van der Waals surface area (Å²) in [7, 11) is 1.61. The second-order valence-corrected chi connectivity index (χ2v) is 5.82. The van der Waals surface area contributed by atoms with E-state index < -0.39 is 0 Å². The van der Waals surface area contributed by atoms with Gasteiger partial charge in [-0.2, -0.15) is 0 Å². The van der Waals surface area contributed by atoms with Crippen LogP contribution in [0.4, 0.5) is 0 Å². The maximum absolute atomic E-state index is 10.1. The van der Waals surface area contributed by atoms with Gasteiger partial charge in [-0.1, -0.05) is 6.07 Å². The predicted molar refractivity (Wildman–Crippen MR) is 80.7 cm³/mol. The van der Waals surface area contributed by atoms with E-state index in [1.165, 1.54) is 6.42 Å². The normalized spacial score (nSPS) is 24.3. The topological polar surface area (TPSA) is 45.2 Å². The van der Waals surface area contributed by atoms with E-state index in [0.29, 0.717) is 17.5 Å². The molecule has 2 aliphatic rings. The van der Waals surface area contributed by atoms with Crippen molar-refractivity contribution in [3.8, 4) is 11.5 Å². The molecule has 1 unspecified atom stereocenters. The van der Waals surface area contributed by atoms with Crippen LogP contribution in [0.1, 0.15) is 12.0 Å². The average molecular weight is 292 g/mol. The van der Waals surface area contributed by atoms with Crippen LogP contribution in [0.3, 0.4) is 0 Å². The summed E-state index contributed by atoms with van der Waals surface area (Å²) in [6, 6.07) is 6.18. The quantitative estimate of drug-likeness (QED) is 0.906. The molecule has 0 radical (unpaired) electrons. The number of likely N-dealkylation sites (tertiary alicyclic amines) is 1. The monoisotopic (exact) mass is 292 g/mol. The molecule has 0 aliphatic carbocycles. The Balaban J connectivity index is 1.56. The summed E-state index contributed by atoms with van der Waals surface area (Å²) >= 11 is 0. The van der Waals surface area contributed by atoms with E-state index in [1.54, 1.807) is 13.2 Å². The van der Waals surface area contributed by atoms with Gasteiger partial charge in [0.1, 0.15) is 11.5 Å². The molecule has 2 saturated heterocycles. The van der Waals surface area contributed by atoms with Crippen LogP contribution < -0.4 is 4.74 Å². The van der Waals surface area contributed by atoms with E-state index in [-0.39, 0.29) is 0 Å². The Morgan fingerprint density at radius 2 is 2.10 bits per heavy atom. The lowest BCUT2D eigenvalue weighted by Crippen LogP contribution is -2.44. The van der Waals surface area contributed by atoms with Crippen molar-refractivity contribution in [1.82, 2.24) is 9.80 Å². The Morgan fingerprint density at radius 1 is 1.29 bits per heavy atom. The van der Waals surface area contributed by atoms with Crippen molar-refractivity contribution in [2.45, 2.75) is 19.0 Å². The second kappa shape index (κ2) is 6.64. The van der Waals surface area contributed by atoms with E-state index >= 15 is 0 Å². The van der Waals surface area contributed by atoms with Gasteiger partial charge in [0, 0.05) is 50.4 Å². The molecule has 2 heterocycles. The molecule has 2 fully saturated rings. The summed E-state index contributed by atoms with van der Waals surface area (Å²) in [5, 5.41) is 10.1. The fourth-order valence-corrected chi connectivity index (χ4v) is 3.24. The lowest BCUT2D eigenvalue weighted by molar-refractivity contribution is 0.0183. The van der Waals surface area contributed by atoms with Crippen LogP contribution in [-0.4, -0.2) is 67.5 Å². The molecule has 0 bridgehead atoms. The molecule has 1 atom stereocenters. The molecule has 0 aromatic heterocycles. The molecule has 1 aromatic rings. The zero-order valence-electron chi connectivity index (χ0n) is 12.6. The first-order chi connectivity index (χ1) is 10.3. The minimum absolute atomic E-state index is 0.323. The molecule has 0 saturated carbocycles. The minimum atomic E-state index is 0.323. The minimum Gasteiger partial charge on any atom is -0.507 e. The number of benzene rings is 1. The van der Waals surface area contributed by atoms with Crippen LogP contribution in [0.5, 0.6) is 11.5 Å². The first kappa shape index (κ1) is 14.6. The molecule has 116 valence electrons. The smallest absolute Gasteiger partial charge is 0.123 e. The highest BCUT2D eigenvalue weighted by atomic mass is 16.5. The first-order valence-corrected chi connectivity index (χ1v) is 7.66. The van der Waals surface area contributed by atoms with Crippen molar-refractivity contribution in [2.75, 3.05) is 46.5 Å². The fraction of sp³-hybridized carbons (Fsp3) is 0.625. The molecule has 3 rings (SSSR count).